The van der Waals surface area contributed by atoms with Crippen LogP contribution in [0, 0.1) is 0 Å². The fourth-order valence-electron chi connectivity index (χ4n) is 2.06. The fourth-order valence-corrected chi connectivity index (χ4v) is 3.08. The Hall–Kier alpha value is -3.55. The molecule has 152 valence electrons. The Morgan fingerprint density at radius 1 is 1.14 bits per heavy atom. The summed E-state index contributed by atoms with van der Waals surface area (Å²) in [6, 6.07) is 8.55. The molecule has 2 N–H and O–H groups in total. The lowest BCUT2D eigenvalue weighted by atomic mass is 10.3. The van der Waals surface area contributed by atoms with Crippen LogP contribution in [0.4, 0.5) is 18.9 Å². The number of benzene rings is 1. The van der Waals surface area contributed by atoms with E-state index in [1.165, 1.54) is 48.8 Å². The number of pyridine rings is 1. The van der Waals surface area contributed by atoms with Gasteiger partial charge in [0.15, 0.2) is 0 Å². The monoisotopic (exact) mass is 427 g/mol. The number of carbonyl (C=O) groups is 1. The predicted octanol–water partition coefficient (Wildman–Crippen LogP) is 1.15. The summed E-state index contributed by atoms with van der Waals surface area (Å²) in [5.74, 6) is -1.68. The molecule has 0 radical (unpaired) electrons. The molecule has 0 aliphatic heterocycles. The molecule has 0 unspecified atom stereocenters. The number of tetrazole rings is 1. The van der Waals surface area contributed by atoms with Gasteiger partial charge in [0, 0.05) is 18.1 Å². The number of rotatable bonds is 6. The van der Waals surface area contributed by atoms with Gasteiger partial charge in [-0.25, -0.2) is 8.42 Å². The third-order valence-electron chi connectivity index (χ3n) is 3.36. The van der Waals surface area contributed by atoms with E-state index >= 15 is 0 Å². The van der Waals surface area contributed by atoms with Crippen LogP contribution in [-0.2, 0) is 10.0 Å². The number of halogens is 3. The normalized spacial score (nSPS) is 11.8. The number of anilines is 1. The molecule has 0 bridgehead atoms. The van der Waals surface area contributed by atoms with E-state index in [0.29, 0.717) is 5.69 Å². The van der Waals surface area contributed by atoms with Gasteiger partial charge in [0.2, 0.25) is 0 Å². The fraction of sp³-hybridized carbons (Fsp3) is 0.133. The van der Waals surface area contributed by atoms with E-state index in [0.717, 1.165) is 4.80 Å². The van der Waals surface area contributed by atoms with E-state index in [4.69, 9.17) is 0 Å². The molecular weight excluding hydrogens is 415 g/mol. The molecule has 2 heterocycles. The standard InChI is InChI=1S/C15H12F3N7O3S/c16-15(17,18)9-20-14(26)13-21-24-25(22-13)11-5-3-10(4-6-11)23-29(27,28)12-2-1-7-19-8-12/h1-8,23H,9H2,(H,20,26). The third-order valence-corrected chi connectivity index (χ3v) is 4.73. The van der Waals surface area contributed by atoms with E-state index in [1.54, 1.807) is 5.32 Å². The quantitative estimate of drug-likeness (QED) is 0.603. The van der Waals surface area contributed by atoms with E-state index in [-0.39, 0.29) is 10.6 Å². The first-order chi connectivity index (χ1) is 13.6. The summed E-state index contributed by atoms with van der Waals surface area (Å²) < 4.78 is 63.3. The van der Waals surface area contributed by atoms with E-state index in [2.05, 4.69) is 25.1 Å². The second-order valence-corrected chi connectivity index (χ2v) is 7.22. The molecule has 0 fully saturated rings. The Kier molecular flexibility index (Phi) is 5.45. The maximum Gasteiger partial charge on any atom is 0.405 e. The lowest BCUT2D eigenvalue weighted by Gasteiger charge is -2.08. The van der Waals surface area contributed by atoms with Gasteiger partial charge in [0.1, 0.15) is 11.4 Å². The van der Waals surface area contributed by atoms with E-state index in [1.807, 2.05) is 0 Å². The second-order valence-electron chi connectivity index (χ2n) is 5.54. The van der Waals surface area contributed by atoms with Crippen molar-refractivity contribution < 1.29 is 26.4 Å². The van der Waals surface area contributed by atoms with Crippen molar-refractivity contribution in [2.24, 2.45) is 0 Å². The van der Waals surface area contributed by atoms with Crippen LogP contribution in [-0.4, -0.2) is 52.2 Å². The SMILES string of the molecule is O=C(NCC(F)(F)F)c1nnn(-c2ccc(NS(=O)(=O)c3cccnc3)cc2)n1. The van der Waals surface area contributed by atoms with Crippen LogP contribution in [0.5, 0.6) is 0 Å². The summed E-state index contributed by atoms with van der Waals surface area (Å²) in [4.78, 5) is 16.3. The number of sulfonamides is 1. The number of nitrogens with zero attached hydrogens (tertiary/aromatic N) is 5. The molecule has 1 aromatic carbocycles. The van der Waals surface area contributed by atoms with Gasteiger partial charge in [0.25, 0.3) is 21.8 Å². The molecule has 10 nitrogen and oxygen atoms in total. The van der Waals surface area contributed by atoms with Crippen LogP contribution in [0.2, 0.25) is 0 Å². The Bertz CT molecular complexity index is 1100. The lowest BCUT2D eigenvalue weighted by molar-refractivity contribution is -0.123. The van der Waals surface area contributed by atoms with Gasteiger partial charge in [-0.05, 0) is 41.6 Å². The van der Waals surface area contributed by atoms with Crippen molar-refractivity contribution in [1.82, 2.24) is 30.5 Å². The smallest absolute Gasteiger partial charge is 0.340 e. The number of nitrogens with one attached hydrogen (secondary N) is 2. The van der Waals surface area contributed by atoms with Crippen molar-refractivity contribution in [1.29, 1.82) is 0 Å². The van der Waals surface area contributed by atoms with Gasteiger partial charge in [-0.1, -0.05) is 0 Å². The molecule has 0 spiro atoms. The van der Waals surface area contributed by atoms with Crippen molar-refractivity contribution in [3.63, 3.8) is 0 Å². The Morgan fingerprint density at radius 3 is 2.48 bits per heavy atom. The van der Waals surface area contributed by atoms with Gasteiger partial charge < -0.3 is 5.32 Å². The van der Waals surface area contributed by atoms with Gasteiger partial charge in [0.05, 0.1) is 5.69 Å². The van der Waals surface area contributed by atoms with Crippen molar-refractivity contribution in [2.45, 2.75) is 11.1 Å². The summed E-state index contributed by atoms with van der Waals surface area (Å²) in [6.07, 6.45) is -1.93. The maximum absolute atomic E-state index is 12.3. The molecule has 0 aliphatic carbocycles. The van der Waals surface area contributed by atoms with Crippen LogP contribution in [0.15, 0.2) is 53.7 Å². The zero-order valence-electron chi connectivity index (χ0n) is 14.3. The molecule has 0 saturated heterocycles. The predicted molar refractivity (Wildman–Crippen MR) is 92.6 cm³/mol. The molecule has 3 aromatic rings. The topological polar surface area (TPSA) is 132 Å². The van der Waals surface area contributed by atoms with Crippen molar-refractivity contribution in [3.05, 3.63) is 54.6 Å². The van der Waals surface area contributed by atoms with Crippen LogP contribution in [0.1, 0.15) is 10.6 Å². The number of carbonyl (C=O) groups excluding carboxylic acids is 1. The number of aromatic nitrogens is 5. The molecule has 3 rings (SSSR count). The number of hydrogen-bond donors (Lipinski definition) is 2. The number of amides is 1. The van der Waals surface area contributed by atoms with Gasteiger partial charge in [-0.3, -0.25) is 14.5 Å². The maximum atomic E-state index is 12.3. The van der Waals surface area contributed by atoms with Crippen LogP contribution < -0.4 is 10.0 Å². The first kappa shape index (κ1) is 20.2. The summed E-state index contributed by atoms with van der Waals surface area (Å²) in [6.45, 7) is -1.52. The Labute approximate surface area is 161 Å². The molecular formula is C15H12F3N7O3S. The third kappa shape index (κ3) is 5.25. The lowest BCUT2D eigenvalue weighted by Crippen LogP contribution is -2.34. The molecule has 29 heavy (non-hydrogen) atoms. The zero-order chi connectivity index (χ0) is 21.1. The first-order valence-electron chi connectivity index (χ1n) is 7.82. The summed E-state index contributed by atoms with van der Waals surface area (Å²) in [7, 11) is -3.82. The van der Waals surface area contributed by atoms with Crippen molar-refractivity contribution in [3.8, 4) is 5.69 Å². The highest BCUT2D eigenvalue weighted by molar-refractivity contribution is 7.92. The summed E-state index contributed by atoms with van der Waals surface area (Å²) in [5.41, 5.74) is 0.539. The average Bonchev–Trinajstić information content (AvgIpc) is 3.17. The Morgan fingerprint density at radius 2 is 1.86 bits per heavy atom. The zero-order valence-corrected chi connectivity index (χ0v) is 15.1. The molecule has 0 saturated carbocycles. The van der Waals surface area contributed by atoms with E-state index in [9.17, 15) is 26.4 Å². The molecule has 1 amide bonds. The minimum absolute atomic E-state index is 0.0171. The first-order valence-corrected chi connectivity index (χ1v) is 9.31. The minimum atomic E-state index is -4.56. The van der Waals surface area contributed by atoms with Gasteiger partial charge >= 0.3 is 6.18 Å². The molecule has 14 heteroatoms. The summed E-state index contributed by atoms with van der Waals surface area (Å²) in [5, 5.41) is 12.3. The molecule has 0 aliphatic rings. The summed E-state index contributed by atoms with van der Waals surface area (Å²) >= 11 is 0. The van der Waals surface area contributed by atoms with Crippen LogP contribution in [0.25, 0.3) is 5.69 Å². The van der Waals surface area contributed by atoms with E-state index < -0.39 is 34.5 Å². The molecule has 0 atom stereocenters. The van der Waals surface area contributed by atoms with Crippen molar-refractivity contribution >= 4 is 21.6 Å². The van der Waals surface area contributed by atoms with Gasteiger partial charge in [-0.15, -0.1) is 15.0 Å². The second kappa shape index (κ2) is 7.83. The highest BCUT2D eigenvalue weighted by Gasteiger charge is 2.28. The van der Waals surface area contributed by atoms with Crippen LogP contribution >= 0.6 is 0 Å². The van der Waals surface area contributed by atoms with Crippen molar-refractivity contribution in [2.75, 3.05) is 11.3 Å². The highest BCUT2D eigenvalue weighted by Crippen LogP contribution is 2.17. The van der Waals surface area contributed by atoms with Gasteiger partial charge in [-0.2, -0.15) is 13.2 Å². The van der Waals surface area contributed by atoms with Crippen LogP contribution in [0.3, 0.4) is 0 Å². The molecule has 2 aromatic heterocycles. The minimum Gasteiger partial charge on any atom is -0.340 e. The number of hydrogen-bond acceptors (Lipinski definition) is 7. The average molecular weight is 427 g/mol. The highest BCUT2D eigenvalue weighted by atomic mass is 32.2. The largest absolute Gasteiger partial charge is 0.405 e. The number of alkyl halides is 3. The Balaban J connectivity index is 1.69.